The van der Waals surface area contributed by atoms with E-state index in [2.05, 4.69) is 25.7 Å². The molecule has 96 valence electrons. The lowest BCUT2D eigenvalue weighted by Crippen LogP contribution is -2.35. The molecule has 0 aliphatic carbocycles. The monoisotopic (exact) mass is 227 g/mol. The van der Waals surface area contributed by atoms with Gasteiger partial charge in [0.2, 0.25) is 0 Å². The summed E-state index contributed by atoms with van der Waals surface area (Å²) >= 11 is 0. The Morgan fingerprint density at radius 1 is 1.25 bits per heavy atom. The van der Waals surface area contributed by atoms with Gasteiger partial charge in [0.25, 0.3) is 0 Å². The highest BCUT2D eigenvalue weighted by atomic mass is 16.3. The minimum Gasteiger partial charge on any atom is -0.395 e. The van der Waals surface area contributed by atoms with Crippen LogP contribution in [0.3, 0.4) is 0 Å². The highest BCUT2D eigenvalue weighted by Crippen LogP contribution is 2.31. The van der Waals surface area contributed by atoms with Crippen molar-refractivity contribution in [2.45, 2.75) is 52.9 Å². The molecule has 16 heavy (non-hydrogen) atoms. The van der Waals surface area contributed by atoms with Gasteiger partial charge >= 0.3 is 0 Å². The molecule has 1 fully saturated rings. The molecule has 0 unspecified atom stereocenters. The Morgan fingerprint density at radius 3 is 2.38 bits per heavy atom. The number of aliphatic hydroxyl groups excluding tert-OH is 1. The molecule has 0 bridgehead atoms. The minimum absolute atomic E-state index is 0.313. The molecule has 1 heterocycles. The summed E-state index contributed by atoms with van der Waals surface area (Å²) in [5.74, 6) is 0.931. The molecule has 0 amide bonds. The number of likely N-dealkylation sites (tertiary alicyclic amines) is 1. The molecule has 1 aliphatic heterocycles. The maximum atomic E-state index is 8.88. The van der Waals surface area contributed by atoms with Gasteiger partial charge < -0.3 is 10.0 Å². The maximum Gasteiger partial charge on any atom is 0.0558 e. The van der Waals surface area contributed by atoms with Crippen LogP contribution in [-0.4, -0.2) is 36.2 Å². The topological polar surface area (TPSA) is 23.5 Å². The van der Waals surface area contributed by atoms with Crippen LogP contribution in [0.5, 0.6) is 0 Å². The van der Waals surface area contributed by atoms with Crippen molar-refractivity contribution >= 4 is 0 Å². The second-order valence-electron chi connectivity index (χ2n) is 6.07. The van der Waals surface area contributed by atoms with Crippen LogP contribution in [0.25, 0.3) is 0 Å². The molecule has 2 heteroatoms. The third-order valence-corrected chi connectivity index (χ3v) is 4.31. The van der Waals surface area contributed by atoms with E-state index in [0.29, 0.717) is 12.0 Å². The number of β-amino-alcohol motifs (C(OH)–C–C–N with tert-alkyl or cyclic N) is 1. The summed E-state index contributed by atoms with van der Waals surface area (Å²) in [7, 11) is 0. The van der Waals surface area contributed by atoms with Crippen molar-refractivity contribution in [1.82, 2.24) is 4.90 Å². The van der Waals surface area contributed by atoms with Gasteiger partial charge in [-0.1, -0.05) is 27.2 Å². The standard InChI is InChI=1S/C14H29NO/c1-4-14(2,3)8-5-13-6-9-15(10-7-13)11-12-16/h13,16H,4-12H2,1-3H3. The smallest absolute Gasteiger partial charge is 0.0558 e. The van der Waals surface area contributed by atoms with Gasteiger partial charge in [0, 0.05) is 6.54 Å². The van der Waals surface area contributed by atoms with Gasteiger partial charge in [-0.2, -0.15) is 0 Å². The fourth-order valence-corrected chi connectivity index (χ4v) is 2.41. The largest absolute Gasteiger partial charge is 0.395 e. The van der Waals surface area contributed by atoms with E-state index in [1.54, 1.807) is 0 Å². The van der Waals surface area contributed by atoms with Gasteiger partial charge in [-0.15, -0.1) is 0 Å². The number of hydrogen-bond acceptors (Lipinski definition) is 2. The Bertz CT molecular complexity index is 183. The molecule has 1 N–H and O–H groups in total. The molecule has 0 aromatic rings. The zero-order chi connectivity index (χ0) is 12.0. The highest BCUT2D eigenvalue weighted by molar-refractivity contribution is 4.75. The zero-order valence-corrected chi connectivity index (χ0v) is 11.3. The van der Waals surface area contributed by atoms with Crippen molar-refractivity contribution < 1.29 is 5.11 Å². The van der Waals surface area contributed by atoms with Crippen LogP contribution in [0.4, 0.5) is 0 Å². The second-order valence-corrected chi connectivity index (χ2v) is 6.07. The minimum atomic E-state index is 0.313. The van der Waals surface area contributed by atoms with Crippen LogP contribution in [0.2, 0.25) is 0 Å². The van der Waals surface area contributed by atoms with Crippen molar-refractivity contribution in [3.63, 3.8) is 0 Å². The SMILES string of the molecule is CCC(C)(C)CCC1CCN(CCO)CC1. The molecule has 2 nitrogen and oxygen atoms in total. The zero-order valence-electron chi connectivity index (χ0n) is 11.3. The molecular weight excluding hydrogens is 198 g/mol. The van der Waals surface area contributed by atoms with Gasteiger partial charge in [-0.3, -0.25) is 0 Å². The average molecular weight is 227 g/mol. The maximum absolute atomic E-state index is 8.88. The predicted octanol–water partition coefficient (Wildman–Crippen LogP) is 2.91. The van der Waals surface area contributed by atoms with Gasteiger partial charge in [0.1, 0.15) is 0 Å². The summed E-state index contributed by atoms with van der Waals surface area (Å²) < 4.78 is 0. The Hall–Kier alpha value is -0.0800. The first kappa shape index (κ1) is 14.0. The summed E-state index contributed by atoms with van der Waals surface area (Å²) in [5, 5.41) is 8.88. The molecule has 0 radical (unpaired) electrons. The molecule has 1 saturated heterocycles. The van der Waals surface area contributed by atoms with Gasteiger partial charge in [-0.05, 0) is 50.1 Å². The van der Waals surface area contributed by atoms with Crippen molar-refractivity contribution in [3.05, 3.63) is 0 Å². The third kappa shape index (κ3) is 4.84. The van der Waals surface area contributed by atoms with Crippen LogP contribution < -0.4 is 0 Å². The first-order valence-corrected chi connectivity index (χ1v) is 6.90. The summed E-state index contributed by atoms with van der Waals surface area (Å²) in [5.41, 5.74) is 0.530. The number of aliphatic hydroxyl groups is 1. The molecule has 1 aliphatic rings. The molecular formula is C14H29NO. The fourth-order valence-electron chi connectivity index (χ4n) is 2.41. The van der Waals surface area contributed by atoms with Gasteiger partial charge in [0.15, 0.2) is 0 Å². The number of rotatable bonds is 6. The Labute approximate surface area is 101 Å². The quantitative estimate of drug-likeness (QED) is 0.754. The van der Waals surface area contributed by atoms with Crippen LogP contribution in [0.15, 0.2) is 0 Å². The van der Waals surface area contributed by atoms with Gasteiger partial charge in [-0.25, -0.2) is 0 Å². The van der Waals surface area contributed by atoms with E-state index >= 15 is 0 Å². The number of piperidine rings is 1. The summed E-state index contributed by atoms with van der Waals surface area (Å²) in [6, 6.07) is 0. The van der Waals surface area contributed by atoms with Crippen LogP contribution in [0.1, 0.15) is 52.9 Å². The average Bonchev–Trinajstić information content (AvgIpc) is 2.29. The lowest BCUT2D eigenvalue weighted by Gasteiger charge is -2.33. The predicted molar refractivity (Wildman–Crippen MR) is 69.6 cm³/mol. The Kier molecular flexibility index (Phi) is 5.77. The number of nitrogens with zero attached hydrogens (tertiary/aromatic N) is 1. The van der Waals surface area contributed by atoms with E-state index in [1.807, 2.05) is 0 Å². The Balaban J connectivity index is 2.17. The number of hydrogen-bond donors (Lipinski definition) is 1. The summed E-state index contributed by atoms with van der Waals surface area (Å²) in [4.78, 5) is 2.39. The molecule has 0 aromatic carbocycles. The van der Waals surface area contributed by atoms with E-state index in [9.17, 15) is 0 Å². The van der Waals surface area contributed by atoms with E-state index < -0.39 is 0 Å². The summed E-state index contributed by atoms with van der Waals surface area (Å²) in [6.07, 6.45) is 6.72. The van der Waals surface area contributed by atoms with Crippen LogP contribution >= 0.6 is 0 Å². The van der Waals surface area contributed by atoms with E-state index in [4.69, 9.17) is 5.11 Å². The van der Waals surface area contributed by atoms with Crippen molar-refractivity contribution in [1.29, 1.82) is 0 Å². The molecule has 1 rings (SSSR count). The lowest BCUT2D eigenvalue weighted by molar-refractivity contribution is 0.137. The van der Waals surface area contributed by atoms with E-state index in [0.717, 1.165) is 12.5 Å². The normalized spacial score (nSPS) is 20.2. The highest BCUT2D eigenvalue weighted by Gasteiger charge is 2.22. The molecule has 0 atom stereocenters. The van der Waals surface area contributed by atoms with Crippen LogP contribution in [0, 0.1) is 11.3 Å². The summed E-state index contributed by atoms with van der Waals surface area (Å²) in [6.45, 7) is 10.6. The van der Waals surface area contributed by atoms with E-state index in [-0.39, 0.29) is 0 Å². The van der Waals surface area contributed by atoms with Crippen molar-refractivity contribution in [2.75, 3.05) is 26.2 Å². The fraction of sp³-hybridized carbons (Fsp3) is 1.00. The molecule has 0 saturated carbocycles. The first-order valence-electron chi connectivity index (χ1n) is 6.90. The molecule has 0 aromatic heterocycles. The van der Waals surface area contributed by atoms with Gasteiger partial charge in [0.05, 0.1) is 6.61 Å². The Morgan fingerprint density at radius 2 is 1.88 bits per heavy atom. The molecule has 0 spiro atoms. The first-order chi connectivity index (χ1) is 7.57. The second kappa shape index (κ2) is 6.61. The third-order valence-electron chi connectivity index (χ3n) is 4.31. The van der Waals surface area contributed by atoms with Crippen molar-refractivity contribution in [2.24, 2.45) is 11.3 Å². The van der Waals surface area contributed by atoms with Crippen molar-refractivity contribution in [3.8, 4) is 0 Å². The lowest BCUT2D eigenvalue weighted by atomic mass is 9.80. The van der Waals surface area contributed by atoms with Crippen LogP contribution in [-0.2, 0) is 0 Å². The van der Waals surface area contributed by atoms with E-state index in [1.165, 1.54) is 45.2 Å².